The molecule has 1 N–H and O–H groups in total. The average molecular weight is 580 g/mol. The van der Waals surface area contributed by atoms with Crippen LogP contribution in [0.25, 0.3) is 12.2 Å². The Bertz CT molecular complexity index is 1810. The number of carbonyl (C=O) groups is 3. The number of ketones is 2. The summed E-state index contributed by atoms with van der Waals surface area (Å²) in [6.07, 6.45) is 10.4. The Morgan fingerprint density at radius 2 is 1.67 bits per heavy atom. The molecule has 8 bridgehead atoms. The number of Topliss-reactive ketones (excluding diaryl/α,β-unsaturated/α-hetero) is 2. The molecule has 0 amide bonds. The molecular formula is C36H41N3O4. The van der Waals surface area contributed by atoms with Crippen LogP contribution >= 0.6 is 0 Å². The number of aliphatic imine (C=N–C) groups is 2. The quantitative estimate of drug-likeness (QED) is 0.334. The topological polar surface area (TPSA) is 101 Å². The second kappa shape index (κ2) is 11.9. The van der Waals surface area contributed by atoms with Gasteiger partial charge in [-0.1, -0.05) is 18.9 Å². The van der Waals surface area contributed by atoms with Gasteiger partial charge in [-0.05, 0) is 124 Å². The zero-order chi connectivity index (χ0) is 31.2. The normalized spacial score (nSPS) is 22.6. The standard InChI is InChI=1S/C36H41N3O4/c1-9-10-27-19(3)28-16-29-20(4)36(23(7)41)33(39-29)17-30-21(5)35(22(6)40)32(38-30)14-24-13-25(15-31(27)37-28)26(18(24)2)11-12-34(42)43-8/h14,16-17,31,38H,9-13,15H2,1-8H3/b29-16-,30-17-,32-14-. The van der Waals surface area contributed by atoms with Crippen molar-refractivity contribution in [2.75, 3.05) is 7.11 Å². The molecule has 7 nitrogen and oxygen atoms in total. The number of nitrogens with zero attached hydrogens (tertiary/aromatic N) is 2. The smallest absolute Gasteiger partial charge is 0.305 e. The lowest BCUT2D eigenvalue weighted by molar-refractivity contribution is -0.140. The second-order valence-corrected chi connectivity index (χ2v) is 12.0. The summed E-state index contributed by atoms with van der Waals surface area (Å²) in [7, 11) is 1.42. The number of H-pyrrole nitrogens is 1. The van der Waals surface area contributed by atoms with Crippen LogP contribution in [0.5, 0.6) is 0 Å². The number of methoxy groups -OCH3 is 1. The number of fused-ring (bicyclic) bond motifs is 6. The number of allylic oxidation sites excluding steroid dienone is 7. The number of aromatic amines is 1. The van der Waals surface area contributed by atoms with Gasteiger partial charge in [0.2, 0.25) is 0 Å². The molecule has 4 aliphatic rings. The van der Waals surface area contributed by atoms with Crippen molar-refractivity contribution in [3.05, 3.63) is 78.2 Å². The van der Waals surface area contributed by atoms with E-state index >= 15 is 0 Å². The first-order valence-corrected chi connectivity index (χ1v) is 15.2. The first-order chi connectivity index (χ1) is 20.4. The summed E-state index contributed by atoms with van der Waals surface area (Å²) >= 11 is 0. The summed E-state index contributed by atoms with van der Waals surface area (Å²) in [6.45, 7) is 13.5. The third-order valence-electron chi connectivity index (χ3n) is 9.24. The van der Waals surface area contributed by atoms with E-state index in [0.29, 0.717) is 29.7 Å². The third kappa shape index (κ3) is 5.53. The Balaban J connectivity index is 1.79. The molecule has 0 saturated heterocycles. The molecule has 3 aliphatic heterocycles. The fraction of sp³-hybridized carbons (Fsp3) is 0.417. The Hall–Kier alpha value is -4.13. The van der Waals surface area contributed by atoms with E-state index < -0.39 is 0 Å². The minimum absolute atomic E-state index is 0.00456. The molecule has 0 fully saturated rings. The number of hydrogen-bond acceptors (Lipinski definition) is 6. The van der Waals surface area contributed by atoms with Gasteiger partial charge in [0.15, 0.2) is 11.6 Å². The summed E-state index contributed by atoms with van der Waals surface area (Å²) in [5, 5.41) is 1.50. The summed E-state index contributed by atoms with van der Waals surface area (Å²) in [5.74, 6) is -0.307. The van der Waals surface area contributed by atoms with Crippen LogP contribution in [0.3, 0.4) is 0 Å². The predicted octanol–water partition coefficient (Wildman–Crippen LogP) is 5.64. The van der Waals surface area contributed by atoms with Crippen molar-refractivity contribution < 1.29 is 19.1 Å². The van der Waals surface area contributed by atoms with E-state index in [0.717, 1.165) is 70.1 Å². The molecule has 0 saturated carbocycles. The first kappa shape index (κ1) is 30.3. The Morgan fingerprint density at radius 3 is 2.33 bits per heavy atom. The number of hydrogen-bond donors (Lipinski definition) is 1. The van der Waals surface area contributed by atoms with Crippen LogP contribution in [-0.2, 0) is 14.3 Å². The summed E-state index contributed by atoms with van der Waals surface area (Å²) in [4.78, 5) is 51.6. The van der Waals surface area contributed by atoms with Crippen molar-refractivity contribution in [3.63, 3.8) is 0 Å². The van der Waals surface area contributed by atoms with Gasteiger partial charge >= 0.3 is 5.97 Å². The first-order valence-electron chi connectivity index (χ1n) is 15.2. The predicted molar refractivity (Wildman–Crippen MR) is 172 cm³/mol. The molecular weight excluding hydrogens is 538 g/mol. The van der Waals surface area contributed by atoms with Gasteiger partial charge in [-0.25, -0.2) is 4.99 Å². The third-order valence-corrected chi connectivity index (χ3v) is 9.24. The van der Waals surface area contributed by atoms with Crippen LogP contribution in [-0.4, -0.2) is 47.1 Å². The lowest BCUT2D eigenvalue weighted by Crippen LogP contribution is -2.16. The van der Waals surface area contributed by atoms with Crippen molar-refractivity contribution >= 4 is 41.1 Å². The van der Waals surface area contributed by atoms with Gasteiger partial charge in [0.25, 0.3) is 0 Å². The number of carbonyl (C=O) groups excluding carboxylic acids is 3. The Labute approximate surface area is 253 Å². The zero-order valence-electron chi connectivity index (χ0n) is 26.6. The molecule has 1 atom stereocenters. The molecule has 7 heteroatoms. The van der Waals surface area contributed by atoms with Crippen LogP contribution in [0, 0.1) is 6.92 Å². The molecule has 1 aromatic rings. The van der Waals surface area contributed by atoms with E-state index in [9.17, 15) is 14.4 Å². The minimum atomic E-state index is -0.227. The zero-order valence-corrected chi connectivity index (χ0v) is 26.6. The van der Waals surface area contributed by atoms with Crippen molar-refractivity contribution in [3.8, 4) is 0 Å². The van der Waals surface area contributed by atoms with Crippen molar-refractivity contribution in [1.82, 2.24) is 4.98 Å². The molecule has 0 radical (unpaired) electrons. The molecule has 1 aliphatic carbocycles. The molecule has 0 spiro atoms. The van der Waals surface area contributed by atoms with Gasteiger partial charge in [0.05, 0.1) is 30.3 Å². The van der Waals surface area contributed by atoms with E-state index in [4.69, 9.17) is 14.7 Å². The van der Waals surface area contributed by atoms with Gasteiger partial charge in [-0.3, -0.25) is 19.4 Å². The van der Waals surface area contributed by atoms with Gasteiger partial charge < -0.3 is 9.72 Å². The van der Waals surface area contributed by atoms with E-state index in [-0.39, 0.29) is 23.6 Å². The number of nitrogens with one attached hydrogen (secondary N) is 1. The van der Waals surface area contributed by atoms with Crippen LogP contribution in [0.2, 0.25) is 0 Å². The average Bonchev–Trinajstić information content (AvgIpc) is 3.61. The van der Waals surface area contributed by atoms with E-state index in [1.807, 2.05) is 26.0 Å². The maximum Gasteiger partial charge on any atom is 0.305 e. The van der Waals surface area contributed by atoms with Crippen LogP contribution in [0.1, 0.15) is 96.0 Å². The maximum absolute atomic E-state index is 12.9. The minimum Gasteiger partial charge on any atom is -0.469 e. The van der Waals surface area contributed by atoms with Crippen molar-refractivity contribution in [2.24, 2.45) is 9.98 Å². The van der Waals surface area contributed by atoms with E-state index in [1.54, 1.807) is 13.8 Å². The van der Waals surface area contributed by atoms with Crippen molar-refractivity contribution in [1.29, 1.82) is 0 Å². The summed E-state index contributed by atoms with van der Waals surface area (Å²) in [6, 6.07) is -0.00456. The molecule has 1 unspecified atom stereocenters. The SMILES string of the molecule is CCCC1=C(C)C2=NC1CC1=C(CCC(=O)OC)C(C)=C(/C=c3\[nH]/c(c(C)c3C(C)=O)=C\C3=NC(=C\2)/C(C)=C3C(C)=O)C1. The molecule has 224 valence electrons. The highest BCUT2D eigenvalue weighted by molar-refractivity contribution is 6.35. The van der Waals surface area contributed by atoms with E-state index in [2.05, 4.69) is 31.8 Å². The van der Waals surface area contributed by atoms with Gasteiger partial charge in [-0.15, -0.1) is 0 Å². The van der Waals surface area contributed by atoms with Crippen LogP contribution in [0.4, 0.5) is 0 Å². The fourth-order valence-electron chi connectivity index (χ4n) is 6.97. The lowest BCUT2D eigenvalue weighted by Gasteiger charge is -2.16. The number of aromatic nitrogens is 1. The monoisotopic (exact) mass is 579 g/mol. The highest BCUT2D eigenvalue weighted by atomic mass is 16.5. The molecule has 43 heavy (non-hydrogen) atoms. The molecule has 4 heterocycles. The van der Waals surface area contributed by atoms with E-state index in [1.165, 1.54) is 29.4 Å². The molecule has 1 aromatic heterocycles. The molecule has 0 aromatic carbocycles. The second-order valence-electron chi connectivity index (χ2n) is 12.0. The number of esters is 1. The number of rotatable bonds is 7. The highest BCUT2D eigenvalue weighted by Gasteiger charge is 2.31. The Kier molecular flexibility index (Phi) is 8.37. The largest absolute Gasteiger partial charge is 0.469 e. The summed E-state index contributed by atoms with van der Waals surface area (Å²) < 4.78 is 4.97. The molecule has 5 rings (SSSR count). The van der Waals surface area contributed by atoms with Gasteiger partial charge in [0, 0.05) is 28.3 Å². The van der Waals surface area contributed by atoms with Crippen LogP contribution < -0.4 is 10.7 Å². The number of ether oxygens (including phenoxy) is 1. The van der Waals surface area contributed by atoms with Gasteiger partial charge in [0.1, 0.15) is 0 Å². The van der Waals surface area contributed by atoms with Gasteiger partial charge in [-0.2, -0.15) is 0 Å². The van der Waals surface area contributed by atoms with Crippen molar-refractivity contribution in [2.45, 2.75) is 93.0 Å². The highest BCUT2D eigenvalue weighted by Crippen LogP contribution is 2.41. The van der Waals surface area contributed by atoms with Crippen LogP contribution in [0.15, 0.2) is 66.3 Å². The summed E-state index contributed by atoms with van der Waals surface area (Å²) in [5.41, 5.74) is 12.3. The Morgan fingerprint density at radius 1 is 0.930 bits per heavy atom. The fourth-order valence-corrected chi connectivity index (χ4v) is 6.97. The maximum atomic E-state index is 12.9. The lowest BCUT2D eigenvalue weighted by atomic mass is 9.91.